The van der Waals surface area contributed by atoms with Gasteiger partial charge in [0.25, 0.3) is 5.56 Å². The summed E-state index contributed by atoms with van der Waals surface area (Å²) in [7, 11) is 3.06. The van der Waals surface area contributed by atoms with E-state index in [0.717, 1.165) is 0 Å². The molecule has 0 amide bonds. The molecule has 182 valence electrons. The van der Waals surface area contributed by atoms with E-state index in [4.69, 9.17) is 14.2 Å². The van der Waals surface area contributed by atoms with Crippen LogP contribution in [0.25, 0.3) is 6.08 Å². The molecule has 2 aromatic carbocycles. The number of carbonyl (C=O) groups is 1. The maximum Gasteiger partial charge on any atom is 0.338 e. The summed E-state index contributed by atoms with van der Waals surface area (Å²) in [6.07, 6.45) is 1.26. The van der Waals surface area contributed by atoms with Crippen molar-refractivity contribution in [2.75, 3.05) is 14.2 Å². The minimum Gasteiger partial charge on any atom is -0.507 e. The standard InChI is InChI=1S/C26H26N2O6S/c1-14(2)34-25(31)22-15(3)27-26-28(23(22)18-13-17(32-4)10-11-20(18)33-5)24(30)21(35-26)12-16-8-6-7-9-19(16)29/h6-14,23,29H,1-5H3/b21-12+/t23-/m0/s1. The number of phenolic OH excluding ortho intramolecular Hbond substituents is 1. The molecule has 0 fully saturated rings. The monoisotopic (exact) mass is 494 g/mol. The highest BCUT2D eigenvalue weighted by atomic mass is 32.1. The Hall–Kier alpha value is -3.85. The maximum absolute atomic E-state index is 13.7. The average molecular weight is 495 g/mol. The van der Waals surface area contributed by atoms with Gasteiger partial charge >= 0.3 is 5.97 Å². The Bertz CT molecular complexity index is 1500. The van der Waals surface area contributed by atoms with Gasteiger partial charge in [0.15, 0.2) is 4.80 Å². The number of para-hydroxylation sites is 1. The molecular weight excluding hydrogens is 468 g/mol. The van der Waals surface area contributed by atoms with Crippen molar-refractivity contribution in [1.29, 1.82) is 0 Å². The lowest BCUT2D eigenvalue weighted by Gasteiger charge is -2.26. The van der Waals surface area contributed by atoms with Crippen LogP contribution in [0.3, 0.4) is 0 Å². The van der Waals surface area contributed by atoms with Crippen LogP contribution >= 0.6 is 11.3 Å². The zero-order chi connectivity index (χ0) is 25.3. The van der Waals surface area contributed by atoms with Gasteiger partial charge in [0.2, 0.25) is 0 Å². The number of aromatic nitrogens is 1. The molecule has 0 spiro atoms. The molecule has 1 aliphatic heterocycles. The summed E-state index contributed by atoms with van der Waals surface area (Å²) >= 11 is 1.18. The molecule has 0 saturated heterocycles. The van der Waals surface area contributed by atoms with Crippen LogP contribution in [0.5, 0.6) is 17.2 Å². The number of carbonyl (C=O) groups excluding carboxylic acids is 1. The summed E-state index contributed by atoms with van der Waals surface area (Å²) in [6.45, 7) is 5.24. The molecule has 35 heavy (non-hydrogen) atoms. The summed E-state index contributed by atoms with van der Waals surface area (Å²) in [5.41, 5.74) is 1.40. The molecule has 2 heterocycles. The number of fused-ring (bicyclic) bond motifs is 1. The van der Waals surface area contributed by atoms with Gasteiger partial charge in [-0.2, -0.15) is 0 Å². The van der Waals surface area contributed by atoms with Crippen molar-refractivity contribution in [3.63, 3.8) is 0 Å². The molecule has 1 aliphatic rings. The Balaban J connectivity index is 2.03. The largest absolute Gasteiger partial charge is 0.507 e. The first-order valence-electron chi connectivity index (χ1n) is 11.0. The minimum absolute atomic E-state index is 0.0572. The van der Waals surface area contributed by atoms with Crippen LogP contribution < -0.4 is 24.4 Å². The van der Waals surface area contributed by atoms with Crippen LogP contribution in [0.2, 0.25) is 0 Å². The third kappa shape index (κ3) is 4.59. The normalized spacial score (nSPS) is 15.6. The first-order valence-corrected chi connectivity index (χ1v) is 11.8. The second-order valence-corrected chi connectivity index (χ2v) is 9.21. The summed E-state index contributed by atoms with van der Waals surface area (Å²) in [4.78, 5) is 32.0. The second-order valence-electron chi connectivity index (χ2n) is 8.20. The van der Waals surface area contributed by atoms with Crippen molar-refractivity contribution >= 4 is 23.4 Å². The number of hydrogen-bond donors (Lipinski definition) is 1. The summed E-state index contributed by atoms with van der Waals surface area (Å²) in [5.74, 6) is 0.520. The van der Waals surface area contributed by atoms with Crippen LogP contribution in [-0.4, -0.2) is 36.0 Å². The van der Waals surface area contributed by atoms with Gasteiger partial charge in [-0.25, -0.2) is 9.79 Å². The maximum atomic E-state index is 13.7. The van der Waals surface area contributed by atoms with Crippen molar-refractivity contribution in [1.82, 2.24) is 4.57 Å². The number of methoxy groups -OCH3 is 2. The third-order valence-electron chi connectivity index (χ3n) is 5.54. The van der Waals surface area contributed by atoms with E-state index >= 15 is 0 Å². The smallest absolute Gasteiger partial charge is 0.338 e. The molecule has 4 rings (SSSR count). The van der Waals surface area contributed by atoms with E-state index in [1.807, 2.05) is 0 Å². The third-order valence-corrected chi connectivity index (χ3v) is 6.52. The van der Waals surface area contributed by atoms with Crippen LogP contribution in [0, 0.1) is 0 Å². The second kappa shape index (κ2) is 9.79. The van der Waals surface area contributed by atoms with Crippen LogP contribution in [0.4, 0.5) is 0 Å². The zero-order valence-electron chi connectivity index (χ0n) is 20.1. The van der Waals surface area contributed by atoms with Crippen LogP contribution in [0.15, 0.2) is 63.5 Å². The fraction of sp³-hybridized carbons (Fsp3) is 0.269. The lowest BCUT2D eigenvalue weighted by Crippen LogP contribution is -2.40. The highest BCUT2D eigenvalue weighted by molar-refractivity contribution is 7.07. The summed E-state index contributed by atoms with van der Waals surface area (Å²) in [5, 5.41) is 10.2. The minimum atomic E-state index is -0.853. The number of benzene rings is 2. The van der Waals surface area contributed by atoms with Crippen LogP contribution in [-0.2, 0) is 9.53 Å². The van der Waals surface area contributed by atoms with E-state index in [1.165, 1.54) is 23.0 Å². The van der Waals surface area contributed by atoms with E-state index in [-0.39, 0.29) is 23.0 Å². The number of phenols is 1. The number of aromatic hydroxyl groups is 1. The predicted molar refractivity (Wildman–Crippen MR) is 133 cm³/mol. The van der Waals surface area contributed by atoms with Gasteiger partial charge in [0, 0.05) is 11.1 Å². The number of nitrogens with zero attached hydrogens (tertiary/aromatic N) is 2. The predicted octanol–water partition coefficient (Wildman–Crippen LogP) is 2.91. The quantitative estimate of drug-likeness (QED) is 0.529. The molecule has 1 atom stereocenters. The van der Waals surface area contributed by atoms with Gasteiger partial charge in [-0.05, 0) is 51.1 Å². The van der Waals surface area contributed by atoms with Crippen molar-refractivity contribution in [2.24, 2.45) is 4.99 Å². The van der Waals surface area contributed by atoms with Crippen molar-refractivity contribution in [2.45, 2.75) is 32.9 Å². The summed E-state index contributed by atoms with van der Waals surface area (Å²) in [6, 6.07) is 11.1. The Morgan fingerprint density at radius 1 is 1.17 bits per heavy atom. The molecule has 1 aromatic heterocycles. The molecule has 0 saturated carbocycles. The van der Waals surface area contributed by atoms with Gasteiger partial charge < -0.3 is 19.3 Å². The van der Waals surface area contributed by atoms with Gasteiger partial charge in [-0.1, -0.05) is 29.5 Å². The molecular formula is C26H26N2O6S. The topological polar surface area (TPSA) is 99.4 Å². The van der Waals surface area contributed by atoms with E-state index in [1.54, 1.807) is 76.4 Å². The Kier molecular flexibility index (Phi) is 6.79. The Labute approximate surface area is 206 Å². The fourth-order valence-electron chi connectivity index (χ4n) is 3.96. The van der Waals surface area contributed by atoms with E-state index < -0.39 is 12.0 Å². The number of thiazole rings is 1. The van der Waals surface area contributed by atoms with Gasteiger partial charge in [0.05, 0.1) is 36.1 Å². The first-order chi connectivity index (χ1) is 16.7. The van der Waals surface area contributed by atoms with Crippen molar-refractivity contribution in [3.05, 3.63) is 84.5 Å². The number of allylic oxidation sites excluding steroid dienone is 1. The van der Waals surface area contributed by atoms with E-state index in [0.29, 0.717) is 37.7 Å². The lowest BCUT2D eigenvalue weighted by molar-refractivity contribution is -0.143. The molecule has 0 aliphatic carbocycles. The number of esters is 1. The fourth-order valence-corrected chi connectivity index (χ4v) is 5.00. The molecule has 0 unspecified atom stereocenters. The highest BCUT2D eigenvalue weighted by Gasteiger charge is 2.35. The Morgan fingerprint density at radius 3 is 2.57 bits per heavy atom. The highest BCUT2D eigenvalue weighted by Crippen LogP contribution is 2.38. The molecule has 1 N–H and O–H groups in total. The van der Waals surface area contributed by atoms with Gasteiger partial charge in [0.1, 0.15) is 23.3 Å². The average Bonchev–Trinajstić information content (AvgIpc) is 3.13. The van der Waals surface area contributed by atoms with Crippen molar-refractivity contribution in [3.8, 4) is 17.2 Å². The van der Waals surface area contributed by atoms with Gasteiger partial charge in [-0.3, -0.25) is 9.36 Å². The molecule has 8 nitrogen and oxygen atoms in total. The Morgan fingerprint density at radius 2 is 1.91 bits per heavy atom. The van der Waals surface area contributed by atoms with E-state index in [9.17, 15) is 14.7 Å². The lowest BCUT2D eigenvalue weighted by atomic mass is 9.94. The summed E-state index contributed by atoms with van der Waals surface area (Å²) < 4.78 is 18.4. The first kappa shape index (κ1) is 24.3. The molecule has 3 aromatic rings. The molecule has 0 bridgehead atoms. The number of rotatable bonds is 6. The zero-order valence-corrected chi connectivity index (χ0v) is 20.9. The number of ether oxygens (including phenoxy) is 3. The van der Waals surface area contributed by atoms with Crippen molar-refractivity contribution < 1.29 is 24.1 Å². The molecule has 0 radical (unpaired) electrons. The molecule has 9 heteroatoms. The van der Waals surface area contributed by atoms with Crippen LogP contribution in [0.1, 0.15) is 37.9 Å². The number of hydrogen-bond acceptors (Lipinski definition) is 8. The van der Waals surface area contributed by atoms with E-state index in [2.05, 4.69) is 4.99 Å². The van der Waals surface area contributed by atoms with Gasteiger partial charge in [-0.15, -0.1) is 0 Å². The SMILES string of the molecule is COc1ccc(OC)c([C@H]2C(C(=O)OC(C)C)=C(C)N=c3s/c(=C/c4ccccc4O)c(=O)n32)c1.